The molecule has 0 amide bonds. The van der Waals surface area contributed by atoms with E-state index in [0.717, 1.165) is 13.0 Å². The van der Waals surface area contributed by atoms with Crippen LogP contribution in [0.4, 0.5) is 0 Å². The molecule has 13 heavy (non-hydrogen) atoms. The molecule has 0 aromatic carbocycles. The van der Waals surface area contributed by atoms with Gasteiger partial charge in [0.25, 0.3) is 0 Å². The smallest absolute Gasteiger partial charge is 0.0431 e. The van der Waals surface area contributed by atoms with Crippen molar-refractivity contribution in [2.24, 2.45) is 0 Å². The minimum Gasteiger partial charge on any atom is -0.396 e. The quantitative estimate of drug-likeness (QED) is 0.620. The fourth-order valence-electron chi connectivity index (χ4n) is 1.30. The summed E-state index contributed by atoms with van der Waals surface area (Å²) in [4.78, 5) is 0. The Bertz CT molecular complexity index is 71.3. The van der Waals surface area contributed by atoms with Crippen molar-refractivity contribution in [1.29, 1.82) is 0 Å². The predicted octanol–water partition coefficient (Wildman–Crippen LogP) is 2.51. The summed E-state index contributed by atoms with van der Waals surface area (Å²) >= 11 is 0. The Labute approximate surface area is 92.9 Å². The lowest BCUT2D eigenvalue weighted by molar-refractivity contribution is 0.282. The van der Waals surface area contributed by atoms with E-state index in [2.05, 4.69) is 5.32 Å². The molecule has 0 heterocycles. The normalized spacial score (nSPS) is 9.69. The second-order valence-electron chi connectivity index (χ2n) is 3.30. The zero-order valence-electron chi connectivity index (χ0n) is 8.72. The minimum absolute atomic E-state index is 0. The van der Waals surface area contributed by atoms with Gasteiger partial charge in [0.15, 0.2) is 0 Å². The molecule has 0 rings (SSSR count). The summed E-state index contributed by atoms with van der Waals surface area (Å²) in [6.45, 7) is 1.51. The molecule has 0 aromatic rings. The first-order valence-corrected chi connectivity index (χ1v) is 5.17. The van der Waals surface area contributed by atoms with Crippen LogP contribution in [0.5, 0.6) is 0 Å². The van der Waals surface area contributed by atoms with Gasteiger partial charge in [-0.15, -0.1) is 17.0 Å². The van der Waals surface area contributed by atoms with Crippen molar-refractivity contribution in [2.45, 2.75) is 44.9 Å². The highest BCUT2D eigenvalue weighted by molar-refractivity contribution is 8.93. The summed E-state index contributed by atoms with van der Waals surface area (Å²) in [5.41, 5.74) is 0. The summed E-state index contributed by atoms with van der Waals surface area (Å²) in [5, 5.41) is 11.7. The number of nitrogens with one attached hydrogen (secondary N) is 1. The summed E-state index contributed by atoms with van der Waals surface area (Å²) < 4.78 is 0. The number of hydrogen-bond acceptors (Lipinski definition) is 2. The molecule has 3 heteroatoms. The molecule has 0 aliphatic heterocycles. The summed E-state index contributed by atoms with van der Waals surface area (Å²) in [6.07, 6.45) is 8.81. The van der Waals surface area contributed by atoms with Gasteiger partial charge in [-0.05, 0) is 26.4 Å². The number of unbranched alkanes of at least 4 members (excludes halogenated alkanes) is 6. The van der Waals surface area contributed by atoms with Crippen LogP contribution in [-0.2, 0) is 0 Å². The van der Waals surface area contributed by atoms with E-state index in [1.807, 2.05) is 7.05 Å². The van der Waals surface area contributed by atoms with E-state index in [0.29, 0.717) is 6.61 Å². The Hall–Kier alpha value is 0.400. The van der Waals surface area contributed by atoms with E-state index in [4.69, 9.17) is 5.11 Å². The van der Waals surface area contributed by atoms with Crippen molar-refractivity contribution < 1.29 is 5.11 Å². The highest BCUT2D eigenvalue weighted by Gasteiger charge is 1.90. The lowest BCUT2D eigenvalue weighted by Crippen LogP contribution is -2.06. The molecule has 2 N–H and O–H groups in total. The van der Waals surface area contributed by atoms with Crippen LogP contribution in [0.25, 0.3) is 0 Å². The first-order chi connectivity index (χ1) is 5.91. The highest BCUT2D eigenvalue weighted by Crippen LogP contribution is 2.06. The number of rotatable bonds is 9. The SMILES string of the molecule is Br.CNCCCCCCCCCO. The summed E-state index contributed by atoms with van der Waals surface area (Å²) in [6, 6.07) is 0. The third-order valence-corrected chi connectivity index (χ3v) is 2.08. The second kappa shape index (κ2) is 14.9. The predicted molar refractivity (Wildman–Crippen MR) is 63.7 cm³/mol. The fourth-order valence-corrected chi connectivity index (χ4v) is 1.30. The lowest BCUT2D eigenvalue weighted by atomic mass is 10.1. The number of aliphatic hydroxyl groups is 1. The molecular weight excluding hydrogens is 230 g/mol. The van der Waals surface area contributed by atoms with Crippen LogP contribution < -0.4 is 5.32 Å². The maximum Gasteiger partial charge on any atom is 0.0431 e. The number of aliphatic hydroxyl groups excluding tert-OH is 1. The first kappa shape index (κ1) is 15.9. The molecular formula is C10H24BrNO. The zero-order valence-corrected chi connectivity index (χ0v) is 10.4. The van der Waals surface area contributed by atoms with E-state index >= 15 is 0 Å². The van der Waals surface area contributed by atoms with Gasteiger partial charge in [-0.3, -0.25) is 0 Å². The standard InChI is InChI=1S/C10H23NO.BrH/c1-11-9-7-5-3-2-4-6-8-10-12;/h11-12H,2-10H2,1H3;1H. The first-order valence-electron chi connectivity index (χ1n) is 5.17. The minimum atomic E-state index is 0. The Morgan fingerprint density at radius 1 is 0.846 bits per heavy atom. The van der Waals surface area contributed by atoms with E-state index in [-0.39, 0.29) is 17.0 Å². The van der Waals surface area contributed by atoms with E-state index in [1.165, 1.54) is 38.5 Å². The average molecular weight is 254 g/mol. The van der Waals surface area contributed by atoms with Gasteiger partial charge in [0, 0.05) is 6.61 Å². The molecule has 2 nitrogen and oxygen atoms in total. The van der Waals surface area contributed by atoms with Crippen molar-refractivity contribution in [3.63, 3.8) is 0 Å². The molecule has 0 unspecified atom stereocenters. The maximum absolute atomic E-state index is 8.53. The molecule has 0 bridgehead atoms. The van der Waals surface area contributed by atoms with E-state index in [1.54, 1.807) is 0 Å². The highest BCUT2D eigenvalue weighted by atomic mass is 79.9. The van der Waals surface area contributed by atoms with E-state index < -0.39 is 0 Å². The third kappa shape index (κ3) is 15.2. The molecule has 0 radical (unpaired) electrons. The average Bonchev–Trinajstić information content (AvgIpc) is 2.10. The largest absolute Gasteiger partial charge is 0.396 e. The van der Waals surface area contributed by atoms with Gasteiger partial charge in [-0.2, -0.15) is 0 Å². The third-order valence-electron chi connectivity index (χ3n) is 2.08. The molecule has 0 fully saturated rings. The summed E-state index contributed by atoms with van der Waals surface area (Å²) in [5.74, 6) is 0. The molecule has 0 aromatic heterocycles. The Kier molecular flexibility index (Phi) is 18.2. The van der Waals surface area contributed by atoms with Crippen molar-refractivity contribution in [3.05, 3.63) is 0 Å². The van der Waals surface area contributed by atoms with Crippen molar-refractivity contribution in [1.82, 2.24) is 5.32 Å². The molecule has 0 aliphatic rings. The van der Waals surface area contributed by atoms with Crippen molar-refractivity contribution in [3.8, 4) is 0 Å². The Balaban J connectivity index is 0. The van der Waals surface area contributed by atoms with Gasteiger partial charge < -0.3 is 10.4 Å². The molecule has 0 atom stereocenters. The molecule has 0 spiro atoms. The van der Waals surface area contributed by atoms with Crippen LogP contribution in [0.2, 0.25) is 0 Å². The molecule has 0 aliphatic carbocycles. The fraction of sp³-hybridized carbons (Fsp3) is 1.00. The van der Waals surface area contributed by atoms with Crippen LogP contribution in [0, 0.1) is 0 Å². The van der Waals surface area contributed by atoms with Gasteiger partial charge >= 0.3 is 0 Å². The number of hydrogen-bond donors (Lipinski definition) is 2. The van der Waals surface area contributed by atoms with E-state index in [9.17, 15) is 0 Å². The molecule has 0 saturated heterocycles. The van der Waals surface area contributed by atoms with Crippen molar-refractivity contribution in [2.75, 3.05) is 20.2 Å². The zero-order chi connectivity index (χ0) is 9.07. The topological polar surface area (TPSA) is 32.3 Å². The van der Waals surface area contributed by atoms with Crippen LogP contribution in [0.3, 0.4) is 0 Å². The summed E-state index contributed by atoms with van der Waals surface area (Å²) in [7, 11) is 2.00. The van der Waals surface area contributed by atoms with Gasteiger partial charge in [0.1, 0.15) is 0 Å². The van der Waals surface area contributed by atoms with Gasteiger partial charge in [-0.1, -0.05) is 32.1 Å². The van der Waals surface area contributed by atoms with Gasteiger partial charge in [-0.25, -0.2) is 0 Å². The molecule has 82 valence electrons. The van der Waals surface area contributed by atoms with Gasteiger partial charge in [0.05, 0.1) is 0 Å². The van der Waals surface area contributed by atoms with Crippen LogP contribution in [0.15, 0.2) is 0 Å². The maximum atomic E-state index is 8.53. The van der Waals surface area contributed by atoms with Gasteiger partial charge in [0.2, 0.25) is 0 Å². The Morgan fingerprint density at radius 3 is 1.77 bits per heavy atom. The molecule has 0 saturated carbocycles. The Morgan fingerprint density at radius 2 is 1.31 bits per heavy atom. The lowest BCUT2D eigenvalue weighted by Gasteiger charge is -2.00. The monoisotopic (exact) mass is 253 g/mol. The number of halogens is 1. The van der Waals surface area contributed by atoms with Crippen LogP contribution in [-0.4, -0.2) is 25.3 Å². The van der Waals surface area contributed by atoms with Crippen LogP contribution >= 0.6 is 17.0 Å². The van der Waals surface area contributed by atoms with Crippen molar-refractivity contribution >= 4 is 17.0 Å². The second-order valence-corrected chi connectivity index (χ2v) is 3.30. The van der Waals surface area contributed by atoms with Crippen LogP contribution in [0.1, 0.15) is 44.9 Å².